The van der Waals surface area contributed by atoms with Crippen LogP contribution in [0.1, 0.15) is 25.7 Å². The fourth-order valence-corrected chi connectivity index (χ4v) is 4.19. The first-order valence-electron chi connectivity index (χ1n) is 6.75. The van der Waals surface area contributed by atoms with Gasteiger partial charge in [0.2, 0.25) is 10.0 Å². The largest absolute Gasteiger partial charge is 0.396 e. The molecule has 0 aliphatic heterocycles. The normalized spacial score (nSPS) is 16.0. The van der Waals surface area contributed by atoms with Gasteiger partial charge in [-0.15, -0.1) is 0 Å². The Morgan fingerprint density at radius 3 is 2.71 bits per heavy atom. The van der Waals surface area contributed by atoms with Crippen molar-refractivity contribution in [3.63, 3.8) is 0 Å². The van der Waals surface area contributed by atoms with E-state index in [4.69, 9.17) is 22.6 Å². The number of pyridine rings is 1. The predicted octanol–water partition coefficient (Wildman–Crippen LogP) is 0.946. The summed E-state index contributed by atoms with van der Waals surface area (Å²) in [5, 5.41) is 9.11. The third-order valence-electron chi connectivity index (χ3n) is 3.58. The van der Waals surface area contributed by atoms with Crippen molar-refractivity contribution in [2.75, 3.05) is 18.6 Å². The van der Waals surface area contributed by atoms with Crippen LogP contribution in [0.2, 0.25) is 5.02 Å². The quantitative estimate of drug-likeness (QED) is 0.506. The van der Waals surface area contributed by atoms with E-state index in [1.54, 1.807) is 0 Å². The number of hydrogen-bond donors (Lipinski definition) is 3. The van der Waals surface area contributed by atoms with Crippen LogP contribution in [0.4, 0.5) is 5.82 Å². The van der Waals surface area contributed by atoms with E-state index in [-0.39, 0.29) is 34.9 Å². The summed E-state index contributed by atoms with van der Waals surface area (Å²) in [6.45, 7) is 0.242. The van der Waals surface area contributed by atoms with E-state index in [0.29, 0.717) is 6.42 Å². The van der Waals surface area contributed by atoms with Crippen LogP contribution < -0.4 is 11.3 Å². The number of anilines is 1. The molecule has 9 heteroatoms. The van der Waals surface area contributed by atoms with Crippen molar-refractivity contribution < 1.29 is 13.5 Å². The van der Waals surface area contributed by atoms with Gasteiger partial charge in [-0.25, -0.2) is 19.2 Å². The molecule has 0 amide bonds. The van der Waals surface area contributed by atoms with Crippen molar-refractivity contribution >= 4 is 27.4 Å². The van der Waals surface area contributed by atoms with Gasteiger partial charge < -0.3 is 10.5 Å². The smallest absolute Gasteiger partial charge is 0.244 e. The number of halogens is 1. The molecule has 1 aliphatic carbocycles. The minimum absolute atomic E-state index is 0.00682. The summed E-state index contributed by atoms with van der Waals surface area (Å²) in [4.78, 5) is 3.94. The highest BCUT2D eigenvalue weighted by atomic mass is 35.5. The molecule has 0 radical (unpaired) electrons. The van der Waals surface area contributed by atoms with Crippen LogP contribution in [-0.4, -0.2) is 42.0 Å². The first-order chi connectivity index (χ1) is 10.0. The van der Waals surface area contributed by atoms with Crippen molar-refractivity contribution in [2.45, 2.75) is 36.6 Å². The van der Waals surface area contributed by atoms with Crippen LogP contribution in [0, 0.1) is 0 Å². The molecule has 1 aromatic heterocycles. The van der Waals surface area contributed by atoms with Crippen LogP contribution in [0.25, 0.3) is 0 Å². The van der Waals surface area contributed by atoms with Gasteiger partial charge in [0.05, 0.1) is 5.02 Å². The molecule has 0 aromatic carbocycles. The maximum absolute atomic E-state index is 12.7. The van der Waals surface area contributed by atoms with Gasteiger partial charge in [0.25, 0.3) is 0 Å². The number of hydrogen-bond acceptors (Lipinski definition) is 6. The molecule has 7 nitrogen and oxygen atoms in total. The minimum atomic E-state index is -3.67. The summed E-state index contributed by atoms with van der Waals surface area (Å²) in [5.41, 5.74) is 2.30. The molecule has 0 unspecified atom stereocenters. The van der Waals surface area contributed by atoms with Gasteiger partial charge in [0.15, 0.2) is 5.82 Å². The Balaban J connectivity index is 2.30. The zero-order valence-electron chi connectivity index (χ0n) is 11.5. The molecular weight excluding hydrogens is 316 g/mol. The highest BCUT2D eigenvalue weighted by molar-refractivity contribution is 7.89. The van der Waals surface area contributed by atoms with Gasteiger partial charge in [-0.1, -0.05) is 18.0 Å². The summed E-state index contributed by atoms with van der Waals surface area (Å²) in [5.74, 6) is 5.45. The molecule has 0 saturated heterocycles. The zero-order chi connectivity index (χ0) is 15.5. The second-order valence-corrected chi connectivity index (χ2v) is 7.22. The van der Waals surface area contributed by atoms with Crippen molar-refractivity contribution in [3.05, 3.63) is 17.3 Å². The van der Waals surface area contributed by atoms with Crippen molar-refractivity contribution in [1.29, 1.82) is 0 Å². The van der Waals surface area contributed by atoms with Crippen molar-refractivity contribution in [1.82, 2.24) is 9.29 Å². The van der Waals surface area contributed by atoms with Crippen LogP contribution in [0.3, 0.4) is 0 Å². The summed E-state index contributed by atoms with van der Waals surface area (Å²) in [6, 6.07) is 1.33. The van der Waals surface area contributed by atoms with E-state index in [9.17, 15) is 8.42 Å². The van der Waals surface area contributed by atoms with E-state index in [1.807, 2.05) is 0 Å². The van der Waals surface area contributed by atoms with Crippen LogP contribution >= 0.6 is 11.6 Å². The number of nitrogen functional groups attached to an aromatic ring is 1. The van der Waals surface area contributed by atoms with E-state index in [1.165, 1.54) is 16.6 Å². The van der Waals surface area contributed by atoms with Gasteiger partial charge >= 0.3 is 0 Å². The molecular formula is C12H19ClN4O3S. The minimum Gasteiger partial charge on any atom is -0.396 e. The fourth-order valence-electron chi connectivity index (χ4n) is 2.20. The molecule has 1 saturated carbocycles. The standard InChI is InChI=1S/C12H19ClN4O3S/c13-11-7-10(8-15-12(11)16-14)21(19,20)17(5-2-6-18)9-3-1-4-9/h7-9,18H,1-6,14H2,(H,15,16). The molecule has 2 rings (SSSR count). The van der Waals surface area contributed by atoms with Crippen molar-refractivity contribution in [3.8, 4) is 0 Å². The average molecular weight is 335 g/mol. The number of hydrazine groups is 1. The highest BCUT2D eigenvalue weighted by Crippen LogP contribution is 2.31. The molecule has 0 spiro atoms. The van der Waals surface area contributed by atoms with Gasteiger partial charge in [0.1, 0.15) is 4.90 Å². The Morgan fingerprint density at radius 2 is 2.24 bits per heavy atom. The van der Waals surface area contributed by atoms with Crippen LogP contribution in [-0.2, 0) is 10.0 Å². The molecule has 21 heavy (non-hydrogen) atoms. The molecule has 1 heterocycles. The Hall–Kier alpha value is -0.930. The van der Waals surface area contributed by atoms with Crippen LogP contribution in [0.5, 0.6) is 0 Å². The number of aliphatic hydroxyl groups excluding tert-OH is 1. The topological polar surface area (TPSA) is 109 Å². The van der Waals surface area contributed by atoms with Crippen molar-refractivity contribution in [2.24, 2.45) is 5.84 Å². The number of nitrogens with zero attached hydrogens (tertiary/aromatic N) is 2. The monoisotopic (exact) mass is 334 g/mol. The fraction of sp³-hybridized carbons (Fsp3) is 0.583. The lowest BCUT2D eigenvalue weighted by Gasteiger charge is -2.36. The number of rotatable bonds is 7. The second kappa shape index (κ2) is 6.89. The van der Waals surface area contributed by atoms with Gasteiger partial charge in [-0.2, -0.15) is 4.31 Å². The molecule has 0 bridgehead atoms. The van der Waals surface area contributed by atoms with Gasteiger partial charge in [-0.3, -0.25) is 0 Å². The molecule has 4 N–H and O–H groups in total. The lowest BCUT2D eigenvalue weighted by atomic mass is 9.93. The summed E-state index contributed by atoms with van der Waals surface area (Å²) < 4.78 is 26.9. The SMILES string of the molecule is NNc1ncc(S(=O)(=O)N(CCCO)C2CCC2)cc1Cl. The van der Waals surface area contributed by atoms with E-state index in [2.05, 4.69) is 10.4 Å². The molecule has 118 valence electrons. The third-order valence-corrected chi connectivity index (χ3v) is 5.78. The average Bonchev–Trinajstić information content (AvgIpc) is 2.40. The molecule has 1 fully saturated rings. The Bertz CT molecular complexity index is 592. The Morgan fingerprint density at radius 1 is 1.52 bits per heavy atom. The maximum atomic E-state index is 12.7. The number of aromatic nitrogens is 1. The predicted molar refractivity (Wildman–Crippen MR) is 80.3 cm³/mol. The number of nitrogens with two attached hydrogens (primary N) is 1. The molecule has 1 aliphatic rings. The third kappa shape index (κ3) is 3.46. The summed E-state index contributed by atoms with van der Waals surface area (Å²) in [7, 11) is -3.67. The number of aliphatic hydroxyl groups is 1. The van der Waals surface area contributed by atoms with E-state index >= 15 is 0 Å². The van der Waals surface area contributed by atoms with E-state index < -0.39 is 10.0 Å². The Labute approximate surface area is 129 Å². The first-order valence-corrected chi connectivity index (χ1v) is 8.57. The number of sulfonamides is 1. The van der Waals surface area contributed by atoms with E-state index in [0.717, 1.165) is 19.3 Å². The first kappa shape index (κ1) is 16.4. The van der Waals surface area contributed by atoms with Gasteiger partial charge in [0, 0.05) is 25.4 Å². The maximum Gasteiger partial charge on any atom is 0.244 e. The molecule has 1 aromatic rings. The summed E-state index contributed by atoms with van der Waals surface area (Å²) in [6.07, 6.45) is 4.34. The second-order valence-electron chi connectivity index (χ2n) is 4.92. The number of nitrogens with one attached hydrogen (secondary N) is 1. The lowest BCUT2D eigenvalue weighted by molar-refractivity contribution is 0.198. The summed E-state index contributed by atoms with van der Waals surface area (Å²) >= 11 is 5.94. The molecule has 0 atom stereocenters. The highest BCUT2D eigenvalue weighted by Gasteiger charge is 2.34. The lowest BCUT2D eigenvalue weighted by Crippen LogP contribution is -2.44. The zero-order valence-corrected chi connectivity index (χ0v) is 13.1. The van der Waals surface area contributed by atoms with Gasteiger partial charge in [-0.05, 0) is 25.3 Å². The van der Waals surface area contributed by atoms with Crippen LogP contribution in [0.15, 0.2) is 17.2 Å². The Kier molecular flexibility index (Phi) is 5.39.